The Kier molecular flexibility index (Phi) is 4.83. The quantitative estimate of drug-likeness (QED) is 0.834. The van der Waals surface area contributed by atoms with E-state index >= 15 is 0 Å². The van der Waals surface area contributed by atoms with Gasteiger partial charge < -0.3 is 9.47 Å². The van der Waals surface area contributed by atoms with E-state index in [-0.39, 0.29) is 6.10 Å². The normalized spacial score (nSPS) is 20.8. The number of benzene rings is 1. The molecule has 2 rings (SSSR count). The molecule has 19 heavy (non-hydrogen) atoms. The molecule has 3 heteroatoms. The monoisotopic (exact) mass is 263 g/mol. The molecule has 1 aromatic rings. The molecule has 1 atom stereocenters. The Balaban J connectivity index is 1.90. The van der Waals surface area contributed by atoms with Gasteiger partial charge in [-0.05, 0) is 44.9 Å². The third kappa shape index (κ3) is 3.71. The zero-order chi connectivity index (χ0) is 13.8. The van der Waals surface area contributed by atoms with Gasteiger partial charge in [-0.15, -0.1) is 0 Å². The lowest BCUT2D eigenvalue weighted by Crippen LogP contribution is -2.47. The Morgan fingerprint density at radius 3 is 2.89 bits per heavy atom. The Hall–Kier alpha value is -1.06. The van der Waals surface area contributed by atoms with Crippen molar-refractivity contribution in [1.82, 2.24) is 4.90 Å². The summed E-state index contributed by atoms with van der Waals surface area (Å²) < 4.78 is 11.7. The summed E-state index contributed by atoms with van der Waals surface area (Å²) in [7, 11) is 0. The summed E-state index contributed by atoms with van der Waals surface area (Å²) in [5, 5.41) is 0. The molecule has 1 unspecified atom stereocenters. The maximum absolute atomic E-state index is 5.93. The molecule has 0 amide bonds. The molecule has 1 saturated heterocycles. The molecule has 0 bridgehead atoms. The van der Waals surface area contributed by atoms with Gasteiger partial charge in [0.1, 0.15) is 18.5 Å². The molecule has 0 N–H and O–H groups in total. The van der Waals surface area contributed by atoms with Crippen LogP contribution in [0.1, 0.15) is 25.0 Å². The van der Waals surface area contributed by atoms with Crippen LogP contribution in [0.5, 0.6) is 5.75 Å². The summed E-state index contributed by atoms with van der Waals surface area (Å²) in [6.45, 7) is 12.1. The van der Waals surface area contributed by atoms with Crippen molar-refractivity contribution < 1.29 is 9.47 Å². The average Bonchev–Trinajstić information content (AvgIpc) is 2.41. The first kappa shape index (κ1) is 14.4. The van der Waals surface area contributed by atoms with Gasteiger partial charge in [-0.3, -0.25) is 4.90 Å². The van der Waals surface area contributed by atoms with Crippen molar-refractivity contribution in [2.45, 2.75) is 39.8 Å². The highest BCUT2D eigenvalue weighted by atomic mass is 16.5. The van der Waals surface area contributed by atoms with Gasteiger partial charge >= 0.3 is 0 Å². The van der Waals surface area contributed by atoms with E-state index in [2.05, 4.69) is 38.7 Å². The minimum absolute atomic E-state index is 0.177. The van der Waals surface area contributed by atoms with Crippen molar-refractivity contribution in [3.8, 4) is 5.75 Å². The minimum atomic E-state index is 0.177. The van der Waals surface area contributed by atoms with Crippen molar-refractivity contribution in [3.63, 3.8) is 0 Å². The maximum atomic E-state index is 5.93. The molecule has 0 radical (unpaired) electrons. The van der Waals surface area contributed by atoms with Crippen molar-refractivity contribution in [1.29, 1.82) is 0 Å². The number of nitrogens with zero attached hydrogens (tertiary/aromatic N) is 1. The van der Waals surface area contributed by atoms with Gasteiger partial charge in [0.05, 0.1) is 6.61 Å². The third-order valence-corrected chi connectivity index (χ3v) is 3.88. The summed E-state index contributed by atoms with van der Waals surface area (Å²) >= 11 is 0. The Morgan fingerprint density at radius 2 is 2.16 bits per heavy atom. The second-order valence-corrected chi connectivity index (χ2v) is 5.59. The molecule has 1 aliphatic rings. The predicted molar refractivity (Wildman–Crippen MR) is 77.9 cm³/mol. The van der Waals surface area contributed by atoms with E-state index in [1.165, 1.54) is 11.1 Å². The number of hydrogen-bond donors (Lipinski definition) is 0. The predicted octanol–water partition coefficient (Wildman–Crippen LogP) is 2.79. The van der Waals surface area contributed by atoms with Crippen LogP contribution in [0.4, 0.5) is 0 Å². The van der Waals surface area contributed by atoms with Crippen LogP contribution in [0.3, 0.4) is 0 Å². The molecular weight excluding hydrogens is 238 g/mol. The Morgan fingerprint density at radius 1 is 1.37 bits per heavy atom. The fraction of sp³-hybridized carbons (Fsp3) is 0.625. The zero-order valence-electron chi connectivity index (χ0n) is 12.5. The van der Waals surface area contributed by atoms with Gasteiger partial charge in [-0.2, -0.15) is 0 Å². The standard InChI is InChI=1S/C16H25NO2/c1-12(2)17-8-9-18-15(10-17)11-19-16-7-5-6-13(3)14(16)4/h5-7,12,15H,8-11H2,1-4H3. The van der Waals surface area contributed by atoms with Crippen LogP contribution in [0, 0.1) is 13.8 Å². The highest BCUT2D eigenvalue weighted by Crippen LogP contribution is 2.21. The zero-order valence-corrected chi connectivity index (χ0v) is 12.5. The van der Waals surface area contributed by atoms with Gasteiger partial charge in [0.25, 0.3) is 0 Å². The van der Waals surface area contributed by atoms with Gasteiger partial charge in [0, 0.05) is 19.1 Å². The summed E-state index contributed by atoms with van der Waals surface area (Å²) in [6, 6.07) is 6.76. The second kappa shape index (κ2) is 6.40. The molecule has 0 saturated carbocycles. The highest BCUT2D eigenvalue weighted by Gasteiger charge is 2.22. The first-order chi connectivity index (χ1) is 9.08. The van der Waals surface area contributed by atoms with E-state index in [0.717, 1.165) is 25.4 Å². The smallest absolute Gasteiger partial charge is 0.122 e. The van der Waals surface area contributed by atoms with E-state index < -0.39 is 0 Å². The second-order valence-electron chi connectivity index (χ2n) is 5.59. The Labute approximate surface area is 116 Å². The van der Waals surface area contributed by atoms with Crippen molar-refractivity contribution in [3.05, 3.63) is 29.3 Å². The summed E-state index contributed by atoms with van der Waals surface area (Å²) in [5.41, 5.74) is 2.49. The van der Waals surface area contributed by atoms with Gasteiger partial charge in [-0.25, -0.2) is 0 Å². The number of rotatable bonds is 4. The molecule has 106 valence electrons. The first-order valence-corrected chi connectivity index (χ1v) is 7.12. The SMILES string of the molecule is Cc1cccc(OCC2CN(C(C)C)CCO2)c1C. The largest absolute Gasteiger partial charge is 0.491 e. The lowest BCUT2D eigenvalue weighted by atomic mass is 10.1. The van der Waals surface area contributed by atoms with Crippen molar-refractivity contribution in [2.24, 2.45) is 0 Å². The molecule has 1 aromatic carbocycles. The van der Waals surface area contributed by atoms with Crippen LogP contribution in [-0.4, -0.2) is 43.3 Å². The van der Waals surface area contributed by atoms with Crippen molar-refractivity contribution in [2.75, 3.05) is 26.3 Å². The molecule has 1 fully saturated rings. The molecule has 0 aliphatic carbocycles. The van der Waals surface area contributed by atoms with Crippen LogP contribution >= 0.6 is 0 Å². The van der Waals surface area contributed by atoms with Crippen molar-refractivity contribution >= 4 is 0 Å². The summed E-state index contributed by atoms with van der Waals surface area (Å²) in [5.74, 6) is 0.977. The van der Waals surface area contributed by atoms with Gasteiger partial charge in [0.2, 0.25) is 0 Å². The van der Waals surface area contributed by atoms with Crippen LogP contribution in [0.15, 0.2) is 18.2 Å². The fourth-order valence-corrected chi connectivity index (χ4v) is 2.38. The van der Waals surface area contributed by atoms with E-state index in [1.807, 2.05) is 12.1 Å². The topological polar surface area (TPSA) is 21.7 Å². The molecule has 0 spiro atoms. The molecule has 0 aromatic heterocycles. The molecule has 1 aliphatic heterocycles. The summed E-state index contributed by atoms with van der Waals surface area (Å²) in [4.78, 5) is 2.45. The van der Waals surface area contributed by atoms with Crippen LogP contribution in [0.2, 0.25) is 0 Å². The van der Waals surface area contributed by atoms with Crippen LogP contribution < -0.4 is 4.74 Å². The number of ether oxygens (including phenoxy) is 2. The number of aryl methyl sites for hydroxylation is 1. The third-order valence-electron chi connectivity index (χ3n) is 3.88. The summed E-state index contributed by atoms with van der Waals surface area (Å²) in [6.07, 6.45) is 0.177. The van der Waals surface area contributed by atoms with E-state index in [0.29, 0.717) is 12.6 Å². The van der Waals surface area contributed by atoms with E-state index in [9.17, 15) is 0 Å². The number of hydrogen-bond acceptors (Lipinski definition) is 3. The van der Waals surface area contributed by atoms with Crippen LogP contribution in [-0.2, 0) is 4.74 Å². The lowest BCUT2D eigenvalue weighted by Gasteiger charge is -2.35. The Bertz CT molecular complexity index is 417. The minimum Gasteiger partial charge on any atom is -0.491 e. The molecular formula is C16H25NO2. The molecule has 1 heterocycles. The fourth-order valence-electron chi connectivity index (χ4n) is 2.38. The van der Waals surface area contributed by atoms with Gasteiger partial charge in [0.15, 0.2) is 0 Å². The van der Waals surface area contributed by atoms with E-state index in [4.69, 9.17) is 9.47 Å². The first-order valence-electron chi connectivity index (χ1n) is 7.12. The van der Waals surface area contributed by atoms with Gasteiger partial charge in [-0.1, -0.05) is 12.1 Å². The average molecular weight is 263 g/mol. The highest BCUT2D eigenvalue weighted by molar-refractivity contribution is 5.38. The molecule has 3 nitrogen and oxygen atoms in total. The number of morpholine rings is 1. The van der Waals surface area contributed by atoms with Crippen LogP contribution in [0.25, 0.3) is 0 Å². The lowest BCUT2D eigenvalue weighted by molar-refractivity contribution is -0.0565. The maximum Gasteiger partial charge on any atom is 0.122 e. The van der Waals surface area contributed by atoms with E-state index in [1.54, 1.807) is 0 Å².